The highest BCUT2D eigenvalue weighted by Crippen LogP contribution is 2.37. The molecule has 0 bridgehead atoms. The van der Waals surface area contributed by atoms with Crippen LogP contribution in [-0.2, 0) is 19.7 Å². The van der Waals surface area contributed by atoms with E-state index in [1.165, 1.54) is 7.11 Å². The van der Waals surface area contributed by atoms with E-state index < -0.39 is 5.41 Å². The largest absolute Gasteiger partial charge is 0.494 e. The predicted molar refractivity (Wildman–Crippen MR) is 107 cm³/mol. The van der Waals surface area contributed by atoms with Gasteiger partial charge in [0.05, 0.1) is 19.1 Å². The van der Waals surface area contributed by atoms with Crippen LogP contribution in [-0.4, -0.2) is 43.6 Å². The molecule has 1 saturated heterocycles. The molecular weight excluding hydrogens is 354 g/mol. The van der Waals surface area contributed by atoms with Crippen molar-refractivity contribution in [2.24, 2.45) is 0 Å². The molecule has 1 aliphatic heterocycles. The van der Waals surface area contributed by atoms with Crippen molar-refractivity contribution in [3.05, 3.63) is 66.2 Å². The number of para-hydroxylation sites is 1. The van der Waals surface area contributed by atoms with E-state index in [1.807, 2.05) is 65.6 Å². The van der Waals surface area contributed by atoms with Crippen molar-refractivity contribution in [3.8, 4) is 5.75 Å². The maximum Gasteiger partial charge on any atom is 0.316 e. The van der Waals surface area contributed by atoms with Gasteiger partial charge in [-0.2, -0.15) is 0 Å². The number of carbonyl (C=O) groups is 2. The van der Waals surface area contributed by atoms with Gasteiger partial charge in [-0.25, -0.2) is 0 Å². The summed E-state index contributed by atoms with van der Waals surface area (Å²) in [6, 6.07) is 19.3. The van der Waals surface area contributed by atoms with E-state index in [4.69, 9.17) is 9.47 Å². The van der Waals surface area contributed by atoms with Gasteiger partial charge in [-0.05, 0) is 37.0 Å². The second-order valence-corrected chi connectivity index (χ2v) is 7.09. The number of methoxy groups -OCH3 is 1. The van der Waals surface area contributed by atoms with Crippen molar-refractivity contribution in [3.63, 3.8) is 0 Å². The van der Waals surface area contributed by atoms with E-state index in [2.05, 4.69) is 0 Å². The Morgan fingerprint density at radius 2 is 1.57 bits per heavy atom. The SMILES string of the molecule is COC(=O)C1(c2ccccc2)CCN(C(=O)CCCOc2ccccc2)CC1. The van der Waals surface area contributed by atoms with Crippen molar-refractivity contribution in [1.29, 1.82) is 0 Å². The molecule has 1 amide bonds. The van der Waals surface area contributed by atoms with Gasteiger partial charge in [0, 0.05) is 19.5 Å². The highest BCUT2D eigenvalue weighted by molar-refractivity contribution is 5.84. The lowest BCUT2D eigenvalue weighted by molar-refractivity contribution is -0.151. The maximum atomic E-state index is 12.6. The number of nitrogens with zero attached hydrogens (tertiary/aromatic N) is 1. The number of esters is 1. The molecule has 0 unspecified atom stereocenters. The Kier molecular flexibility index (Phi) is 6.69. The summed E-state index contributed by atoms with van der Waals surface area (Å²) < 4.78 is 10.8. The fraction of sp³-hybridized carbons (Fsp3) is 0.391. The highest BCUT2D eigenvalue weighted by Gasteiger charge is 2.44. The molecule has 5 heteroatoms. The molecule has 2 aromatic rings. The second kappa shape index (κ2) is 9.40. The summed E-state index contributed by atoms with van der Waals surface area (Å²) in [7, 11) is 1.43. The molecule has 2 aromatic carbocycles. The first-order chi connectivity index (χ1) is 13.7. The molecule has 0 spiro atoms. The molecule has 5 nitrogen and oxygen atoms in total. The summed E-state index contributed by atoms with van der Waals surface area (Å²) in [5.41, 5.74) is 0.300. The molecule has 0 saturated carbocycles. The summed E-state index contributed by atoms with van der Waals surface area (Å²) in [5, 5.41) is 0. The van der Waals surface area contributed by atoms with E-state index in [0.29, 0.717) is 45.4 Å². The first-order valence-corrected chi connectivity index (χ1v) is 9.75. The number of ether oxygens (including phenoxy) is 2. The van der Waals surface area contributed by atoms with Crippen molar-refractivity contribution in [2.45, 2.75) is 31.1 Å². The minimum absolute atomic E-state index is 0.114. The van der Waals surface area contributed by atoms with Crippen LogP contribution in [0.5, 0.6) is 5.75 Å². The molecule has 1 aliphatic rings. The standard InChI is InChI=1S/C23H27NO4/c1-27-22(26)23(19-9-4-2-5-10-19)14-16-24(17-15-23)21(25)13-8-18-28-20-11-6-3-7-12-20/h2-7,9-12H,8,13-18H2,1H3. The van der Waals surface area contributed by atoms with E-state index in [1.54, 1.807) is 0 Å². The molecule has 148 valence electrons. The zero-order valence-electron chi connectivity index (χ0n) is 16.3. The van der Waals surface area contributed by atoms with Crippen LogP contribution in [0.4, 0.5) is 0 Å². The Morgan fingerprint density at radius 1 is 0.964 bits per heavy atom. The molecule has 0 atom stereocenters. The molecular formula is C23H27NO4. The monoisotopic (exact) mass is 381 g/mol. The van der Waals surface area contributed by atoms with Gasteiger partial charge in [-0.3, -0.25) is 9.59 Å². The molecule has 28 heavy (non-hydrogen) atoms. The zero-order valence-corrected chi connectivity index (χ0v) is 16.3. The van der Waals surface area contributed by atoms with Gasteiger partial charge >= 0.3 is 5.97 Å². The van der Waals surface area contributed by atoms with Gasteiger partial charge in [0.15, 0.2) is 0 Å². The van der Waals surface area contributed by atoms with Crippen LogP contribution >= 0.6 is 0 Å². The van der Waals surface area contributed by atoms with Crippen LogP contribution < -0.4 is 4.74 Å². The maximum absolute atomic E-state index is 12.6. The smallest absolute Gasteiger partial charge is 0.316 e. The Bertz CT molecular complexity index is 768. The first kappa shape index (κ1) is 19.9. The number of carbonyl (C=O) groups excluding carboxylic acids is 2. The molecule has 0 N–H and O–H groups in total. The summed E-state index contributed by atoms with van der Waals surface area (Å²) in [6.45, 7) is 1.63. The number of hydrogen-bond donors (Lipinski definition) is 0. The quantitative estimate of drug-likeness (QED) is 0.543. The van der Waals surface area contributed by atoms with Gasteiger partial charge in [0.1, 0.15) is 5.75 Å². The summed E-state index contributed by atoms with van der Waals surface area (Å²) >= 11 is 0. The Balaban J connectivity index is 1.51. The number of rotatable bonds is 7. The number of piperidine rings is 1. The summed E-state index contributed by atoms with van der Waals surface area (Å²) in [6.07, 6.45) is 2.28. The van der Waals surface area contributed by atoms with Crippen LogP contribution in [0.25, 0.3) is 0 Å². The van der Waals surface area contributed by atoms with Gasteiger partial charge in [0.25, 0.3) is 0 Å². The van der Waals surface area contributed by atoms with Crippen LogP contribution in [0.3, 0.4) is 0 Å². The van der Waals surface area contributed by atoms with Crippen LogP contribution in [0.2, 0.25) is 0 Å². The zero-order chi connectivity index (χ0) is 19.8. The molecule has 0 aliphatic carbocycles. The fourth-order valence-corrected chi connectivity index (χ4v) is 3.79. The van der Waals surface area contributed by atoms with Crippen LogP contribution in [0.1, 0.15) is 31.2 Å². The van der Waals surface area contributed by atoms with E-state index in [9.17, 15) is 9.59 Å². The van der Waals surface area contributed by atoms with Gasteiger partial charge < -0.3 is 14.4 Å². The average molecular weight is 381 g/mol. The van der Waals surface area contributed by atoms with Crippen molar-refractivity contribution >= 4 is 11.9 Å². The Morgan fingerprint density at radius 3 is 2.18 bits per heavy atom. The van der Waals surface area contributed by atoms with Crippen molar-refractivity contribution in [1.82, 2.24) is 4.90 Å². The Hall–Kier alpha value is -2.82. The van der Waals surface area contributed by atoms with E-state index in [-0.39, 0.29) is 11.9 Å². The molecule has 0 aromatic heterocycles. The third-order valence-corrected chi connectivity index (χ3v) is 5.42. The average Bonchev–Trinajstić information content (AvgIpc) is 2.77. The van der Waals surface area contributed by atoms with Crippen LogP contribution in [0, 0.1) is 0 Å². The summed E-state index contributed by atoms with van der Waals surface area (Å²) in [5.74, 6) is 0.712. The lowest BCUT2D eigenvalue weighted by atomic mass is 9.72. The van der Waals surface area contributed by atoms with E-state index >= 15 is 0 Å². The van der Waals surface area contributed by atoms with Gasteiger partial charge in [0.2, 0.25) is 5.91 Å². The predicted octanol–water partition coefficient (Wildman–Crippen LogP) is 3.58. The number of benzene rings is 2. The lowest BCUT2D eigenvalue weighted by Crippen LogP contribution is -2.49. The third kappa shape index (κ3) is 4.53. The summed E-state index contributed by atoms with van der Waals surface area (Å²) in [4.78, 5) is 27.0. The lowest BCUT2D eigenvalue weighted by Gasteiger charge is -2.40. The third-order valence-electron chi connectivity index (χ3n) is 5.42. The molecule has 1 fully saturated rings. The second-order valence-electron chi connectivity index (χ2n) is 7.09. The van der Waals surface area contributed by atoms with Crippen LogP contribution in [0.15, 0.2) is 60.7 Å². The molecule has 3 rings (SSSR count). The molecule has 1 heterocycles. The van der Waals surface area contributed by atoms with E-state index in [0.717, 1.165) is 11.3 Å². The number of likely N-dealkylation sites (tertiary alicyclic amines) is 1. The Labute approximate surface area is 166 Å². The first-order valence-electron chi connectivity index (χ1n) is 9.75. The number of amides is 1. The number of hydrogen-bond acceptors (Lipinski definition) is 4. The van der Waals surface area contributed by atoms with Gasteiger partial charge in [-0.1, -0.05) is 48.5 Å². The topological polar surface area (TPSA) is 55.8 Å². The van der Waals surface area contributed by atoms with Crippen molar-refractivity contribution < 1.29 is 19.1 Å². The van der Waals surface area contributed by atoms with Gasteiger partial charge in [-0.15, -0.1) is 0 Å². The molecule has 0 radical (unpaired) electrons. The fourth-order valence-electron chi connectivity index (χ4n) is 3.79. The normalized spacial score (nSPS) is 15.7. The minimum Gasteiger partial charge on any atom is -0.494 e. The highest BCUT2D eigenvalue weighted by atomic mass is 16.5. The van der Waals surface area contributed by atoms with Crippen molar-refractivity contribution in [2.75, 3.05) is 26.8 Å². The minimum atomic E-state index is -0.663.